The molecule has 0 unspecified atom stereocenters. The SMILES string of the molecule is Cc1nc(NC(=O)CSc2nncn2-c2ccccc2)c(Cl)cc1Cl. The molecule has 6 nitrogen and oxygen atoms in total. The maximum Gasteiger partial charge on any atom is 0.236 e. The van der Waals surface area contributed by atoms with Crippen molar-refractivity contribution in [2.75, 3.05) is 11.1 Å². The molecule has 0 aliphatic rings. The fourth-order valence-corrected chi connectivity index (χ4v) is 3.17. The number of benzene rings is 1. The molecule has 1 amide bonds. The first kappa shape index (κ1) is 17.7. The zero-order chi connectivity index (χ0) is 17.8. The number of anilines is 1. The van der Waals surface area contributed by atoms with E-state index in [0.717, 1.165) is 5.69 Å². The highest BCUT2D eigenvalue weighted by Crippen LogP contribution is 2.26. The molecule has 9 heteroatoms. The molecule has 0 bridgehead atoms. The first-order chi connectivity index (χ1) is 12.0. The lowest BCUT2D eigenvalue weighted by atomic mass is 10.3. The molecular weight excluding hydrogens is 381 g/mol. The molecule has 0 aliphatic carbocycles. The summed E-state index contributed by atoms with van der Waals surface area (Å²) < 4.78 is 1.82. The molecule has 2 aromatic heterocycles. The van der Waals surface area contributed by atoms with Crippen LogP contribution in [0.2, 0.25) is 10.0 Å². The maximum atomic E-state index is 12.2. The lowest BCUT2D eigenvalue weighted by Gasteiger charge is -2.09. The Kier molecular flexibility index (Phi) is 5.57. The summed E-state index contributed by atoms with van der Waals surface area (Å²) >= 11 is 13.3. The smallest absolute Gasteiger partial charge is 0.236 e. The Bertz CT molecular complexity index is 901. The number of carbonyl (C=O) groups is 1. The number of aryl methyl sites for hydroxylation is 1. The van der Waals surface area contributed by atoms with Crippen molar-refractivity contribution in [3.8, 4) is 5.69 Å². The highest BCUT2D eigenvalue weighted by molar-refractivity contribution is 7.99. The minimum Gasteiger partial charge on any atom is -0.309 e. The number of pyridine rings is 1. The van der Waals surface area contributed by atoms with Crippen LogP contribution in [0, 0.1) is 6.92 Å². The molecule has 0 radical (unpaired) electrons. The van der Waals surface area contributed by atoms with Gasteiger partial charge in [-0.15, -0.1) is 10.2 Å². The first-order valence-corrected chi connectivity index (χ1v) is 8.99. The Hall–Kier alpha value is -2.09. The van der Waals surface area contributed by atoms with E-state index in [1.165, 1.54) is 11.8 Å². The summed E-state index contributed by atoms with van der Waals surface area (Å²) in [6.07, 6.45) is 1.61. The summed E-state index contributed by atoms with van der Waals surface area (Å²) in [4.78, 5) is 16.4. The van der Waals surface area contributed by atoms with E-state index >= 15 is 0 Å². The fourth-order valence-electron chi connectivity index (χ4n) is 2.03. The fraction of sp³-hybridized carbons (Fsp3) is 0.125. The summed E-state index contributed by atoms with van der Waals surface area (Å²) in [5.74, 6) is 0.188. The number of nitrogens with zero attached hydrogens (tertiary/aromatic N) is 4. The summed E-state index contributed by atoms with van der Waals surface area (Å²) in [6, 6.07) is 11.2. The predicted octanol–water partition coefficient (Wildman–Crippen LogP) is 4.01. The van der Waals surface area contributed by atoms with Gasteiger partial charge >= 0.3 is 0 Å². The van der Waals surface area contributed by atoms with Crippen LogP contribution in [-0.2, 0) is 4.79 Å². The zero-order valence-electron chi connectivity index (χ0n) is 13.1. The van der Waals surface area contributed by atoms with Crippen LogP contribution in [0.3, 0.4) is 0 Å². The predicted molar refractivity (Wildman–Crippen MR) is 99.7 cm³/mol. The van der Waals surface area contributed by atoms with E-state index in [9.17, 15) is 4.79 Å². The van der Waals surface area contributed by atoms with Crippen molar-refractivity contribution >= 4 is 46.7 Å². The zero-order valence-corrected chi connectivity index (χ0v) is 15.4. The van der Waals surface area contributed by atoms with E-state index in [0.29, 0.717) is 26.7 Å². The highest BCUT2D eigenvalue weighted by Gasteiger charge is 2.13. The number of halogens is 2. The number of rotatable bonds is 5. The minimum absolute atomic E-state index is 0.144. The lowest BCUT2D eigenvalue weighted by Crippen LogP contribution is -2.16. The van der Waals surface area contributed by atoms with Gasteiger partial charge in [-0.2, -0.15) is 0 Å². The molecular formula is C16H13Cl2N5OS. The average molecular weight is 394 g/mol. The number of thioether (sulfide) groups is 1. The van der Waals surface area contributed by atoms with E-state index in [2.05, 4.69) is 20.5 Å². The number of hydrogen-bond donors (Lipinski definition) is 1. The number of carbonyl (C=O) groups excluding carboxylic acids is 1. The second kappa shape index (κ2) is 7.86. The highest BCUT2D eigenvalue weighted by atomic mass is 35.5. The van der Waals surface area contributed by atoms with Gasteiger partial charge in [0.1, 0.15) is 6.33 Å². The van der Waals surface area contributed by atoms with Gasteiger partial charge in [0, 0.05) is 5.69 Å². The van der Waals surface area contributed by atoms with Crippen LogP contribution in [0.15, 0.2) is 47.9 Å². The molecule has 2 heterocycles. The first-order valence-electron chi connectivity index (χ1n) is 7.25. The van der Waals surface area contributed by atoms with Gasteiger partial charge in [-0.3, -0.25) is 9.36 Å². The summed E-state index contributed by atoms with van der Waals surface area (Å²) in [6.45, 7) is 1.74. The van der Waals surface area contributed by atoms with E-state index in [4.69, 9.17) is 23.2 Å². The molecule has 3 rings (SSSR count). The van der Waals surface area contributed by atoms with Crippen LogP contribution >= 0.6 is 35.0 Å². The third-order valence-electron chi connectivity index (χ3n) is 3.25. The van der Waals surface area contributed by atoms with Gasteiger partial charge in [0.05, 0.1) is 21.5 Å². The van der Waals surface area contributed by atoms with Crippen molar-refractivity contribution in [3.05, 3.63) is 58.5 Å². The van der Waals surface area contributed by atoms with Crippen molar-refractivity contribution in [1.29, 1.82) is 0 Å². The number of para-hydroxylation sites is 1. The van der Waals surface area contributed by atoms with Crippen LogP contribution in [0.5, 0.6) is 0 Å². The largest absolute Gasteiger partial charge is 0.309 e. The van der Waals surface area contributed by atoms with Crippen LogP contribution in [0.4, 0.5) is 5.82 Å². The van der Waals surface area contributed by atoms with Gasteiger partial charge in [-0.05, 0) is 25.1 Å². The second-order valence-electron chi connectivity index (χ2n) is 5.04. The number of hydrogen-bond acceptors (Lipinski definition) is 5. The Morgan fingerprint density at radius 2 is 2.00 bits per heavy atom. The van der Waals surface area contributed by atoms with Crippen molar-refractivity contribution in [3.63, 3.8) is 0 Å². The maximum absolute atomic E-state index is 12.2. The Morgan fingerprint density at radius 3 is 2.76 bits per heavy atom. The Balaban J connectivity index is 1.66. The van der Waals surface area contributed by atoms with Crippen LogP contribution in [-0.4, -0.2) is 31.4 Å². The molecule has 0 fully saturated rings. The molecule has 3 aromatic rings. The van der Waals surface area contributed by atoms with E-state index in [-0.39, 0.29) is 11.7 Å². The van der Waals surface area contributed by atoms with Gasteiger partial charge in [-0.1, -0.05) is 53.2 Å². The molecule has 0 aliphatic heterocycles. The normalized spacial score (nSPS) is 10.7. The molecule has 0 spiro atoms. The standard InChI is InChI=1S/C16H13Cl2N5OS/c1-10-12(17)7-13(18)15(20-10)21-14(24)8-25-16-22-19-9-23(16)11-5-3-2-4-6-11/h2-7,9H,8H2,1H3,(H,20,21,24). The van der Waals surface area contributed by atoms with Crippen molar-refractivity contribution < 1.29 is 4.79 Å². The molecule has 128 valence electrons. The molecule has 0 atom stereocenters. The van der Waals surface area contributed by atoms with Gasteiger partial charge in [0.2, 0.25) is 5.91 Å². The monoisotopic (exact) mass is 393 g/mol. The molecule has 1 aromatic carbocycles. The van der Waals surface area contributed by atoms with Crippen molar-refractivity contribution in [1.82, 2.24) is 19.7 Å². The minimum atomic E-state index is -0.247. The van der Waals surface area contributed by atoms with Crippen LogP contribution < -0.4 is 5.32 Å². The molecule has 25 heavy (non-hydrogen) atoms. The van der Waals surface area contributed by atoms with Gasteiger partial charge < -0.3 is 5.32 Å². The van der Waals surface area contributed by atoms with E-state index in [1.54, 1.807) is 19.3 Å². The summed E-state index contributed by atoms with van der Waals surface area (Å²) in [7, 11) is 0. The second-order valence-corrected chi connectivity index (χ2v) is 6.80. The van der Waals surface area contributed by atoms with Crippen molar-refractivity contribution in [2.24, 2.45) is 0 Å². The Morgan fingerprint density at radius 1 is 1.24 bits per heavy atom. The van der Waals surface area contributed by atoms with E-state index in [1.807, 2.05) is 34.9 Å². The van der Waals surface area contributed by atoms with Crippen molar-refractivity contribution in [2.45, 2.75) is 12.1 Å². The summed E-state index contributed by atoms with van der Waals surface area (Å²) in [5.41, 5.74) is 1.52. The molecule has 0 saturated heterocycles. The topological polar surface area (TPSA) is 72.7 Å². The van der Waals surface area contributed by atoms with Gasteiger partial charge in [0.15, 0.2) is 11.0 Å². The van der Waals surface area contributed by atoms with Crippen LogP contribution in [0.25, 0.3) is 5.69 Å². The van der Waals surface area contributed by atoms with Gasteiger partial charge in [-0.25, -0.2) is 4.98 Å². The average Bonchev–Trinajstić information content (AvgIpc) is 3.07. The number of amides is 1. The van der Waals surface area contributed by atoms with E-state index < -0.39 is 0 Å². The molecule has 1 N–H and O–H groups in total. The molecule has 0 saturated carbocycles. The summed E-state index contributed by atoms with van der Waals surface area (Å²) in [5, 5.41) is 12.0. The Labute approximate surface area is 158 Å². The lowest BCUT2D eigenvalue weighted by molar-refractivity contribution is -0.113. The van der Waals surface area contributed by atoms with Crippen LogP contribution in [0.1, 0.15) is 5.69 Å². The third kappa shape index (κ3) is 4.31. The number of aromatic nitrogens is 4. The number of nitrogens with one attached hydrogen (secondary N) is 1. The quantitative estimate of drug-likeness (QED) is 0.662. The van der Waals surface area contributed by atoms with Gasteiger partial charge in [0.25, 0.3) is 0 Å². The third-order valence-corrected chi connectivity index (χ3v) is 4.86.